The molecule has 0 saturated carbocycles. The first-order valence-electron chi connectivity index (χ1n) is 7.55. The van der Waals surface area contributed by atoms with E-state index in [1.54, 1.807) is 11.0 Å². The number of ether oxygens (including phenoxy) is 1. The molecule has 0 bridgehead atoms. The highest BCUT2D eigenvalue weighted by Crippen LogP contribution is 2.18. The van der Waals surface area contributed by atoms with Crippen LogP contribution in [0.2, 0.25) is 0 Å². The van der Waals surface area contributed by atoms with E-state index in [9.17, 15) is 9.59 Å². The summed E-state index contributed by atoms with van der Waals surface area (Å²) >= 11 is 0. The van der Waals surface area contributed by atoms with Crippen LogP contribution >= 0.6 is 0 Å². The zero-order chi connectivity index (χ0) is 15.9. The number of urea groups is 1. The Kier molecular flexibility index (Phi) is 5.57. The van der Waals surface area contributed by atoms with Crippen LogP contribution in [-0.2, 0) is 0 Å². The standard InChI is InChI=1S/C15H22N4O3/c1-2-6-18-15(21)19-8-3-4-12(10-19)22-11-5-7-17-13(9-11)14(16)20/h5,7,9,12H,2-4,6,8,10H2,1H3,(H2,16,20)(H,18,21). The Morgan fingerprint density at radius 1 is 1.55 bits per heavy atom. The van der Waals surface area contributed by atoms with Crippen molar-refractivity contribution in [2.45, 2.75) is 32.3 Å². The van der Waals surface area contributed by atoms with Crippen molar-refractivity contribution in [1.82, 2.24) is 15.2 Å². The molecule has 1 unspecified atom stereocenters. The Labute approximate surface area is 129 Å². The second-order valence-electron chi connectivity index (χ2n) is 5.30. The minimum absolute atomic E-state index is 0.0531. The van der Waals surface area contributed by atoms with E-state index in [1.165, 1.54) is 12.3 Å². The molecule has 0 spiro atoms. The third-order valence-corrected chi connectivity index (χ3v) is 3.48. The smallest absolute Gasteiger partial charge is 0.317 e. The van der Waals surface area contributed by atoms with Gasteiger partial charge in [-0.1, -0.05) is 6.92 Å². The van der Waals surface area contributed by atoms with Crippen molar-refractivity contribution < 1.29 is 14.3 Å². The monoisotopic (exact) mass is 306 g/mol. The Morgan fingerprint density at radius 3 is 3.09 bits per heavy atom. The van der Waals surface area contributed by atoms with E-state index < -0.39 is 5.91 Å². The van der Waals surface area contributed by atoms with Crippen LogP contribution in [-0.4, -0.2) is 47.6 Å². The predicted molar refractivity (Wildman–Crippen MR) is 81.7 cm³/mol. The van der Waals surface area contributed by atoms with Crippen molar-refractivity contribution in [3.63, 3.8) is 0 Å². The largest absolute Gasteiger partial charge is 0.488 e. The first-order chi connectivity index (χ1) is 10.6. The molecule has 1 aliphatic rings. The highest BCUT2D eigenvalue weighted by Gasteiger charge is 2.24. The number of nitrogens with one attached hydrogen (secondary N) is 1. The molecule has 1 aromatic heterocycles. The number of pyridine rings is 1. The van der Waals surface area contributed by atoms with Gasteiger partial charge in [0, 0.05) is 25.4 Å². The summed E-state index contributed by atoms with van der Waals surface area (Å²) in [6.45, 7) is 3.96. The molecule has 22 heavy (non-hydrogen) atoms. The van der Waals surface area contributed by atoms with Gasteiger partial charge in [0.2, 0.25) is 0 Å². The number of hydrogen-bond acceptors (Lipinski definition) is 4. The summed E-state index contributed by atoms with van der Waals surface area (Å²) in [6.07, 6.45) is 4.06. The van der Waals surface area contributed by atoms with E-state index in [0.717, 1.165) is 25.8 Å². The lowest BCUT2D eigenvalue weighted by Crippen LogP contribution is -2.48. The number of rotatable bonds is 5. The number of primary amides is 1. The van der Waals surface area contributed by atoms with E-state index in [1.807, 2.05) is 6.92 Å². The summed E-state index contributed by atoms with van der Waals surface area (Å²) in [7, 11) is 0. The van der Waals surface area contributed by atoms with Gasteiger partial charge in [-0.25, -0.2) is 4.79 Å². The number of hydrogen-bond donors (Lipinski definition) is 2. The molecule has 0 aromatic carbocycles. The third-order valence-electron chi connectivity index (χ3n) is 3.48. The molecule has 2 rings (SSSR count). The number of nitrogens with two attached hydrogens (primary N) is 1. The van der Waals surface area contributed by atoms with Gasteiger partial charge in [-0.3, -0.25) is 9.78 Å². The number of amides is 3. The molecule has 1 fully saturated rings. The van der Waals surface area contributed by atoms with Gasteiger partial charge in [0.25, 0.3) is 5.91 Å². The summed E-state index contributed by atoms with van der Waals surface area (Å²) < 4.78 is 5.86. The van der Waals surface area contributed by atoms with Gasteiger partial charge in [-0.05, 0) is 25.3 Å². The van der Waals surface area contributed by atoms with Crippen LogP contribution in [0.15, 0.2) is 18.3 Å². The van der Waals surface area contributed by atoms with Crippen molar-refractivity contribution in [3.05, 3.63) is 24.0 Å². The summed E-state index contributed by atoms with van der Waals surface area (Å²) in [5, 5.41) is 2.87. The summed E-state index contributed by atoms with van der Waals surface area (Å²) in [4.78, 5) is 28.8. The van der Waals surface area contributed by atoms with Gasteiger partial charge in [0.05, 0.1) is 6.54 Å². The molecule has 0 aliphatic carbocycles. The first kappa shape index (κ1) is 16.1. The van der Waals surface area contributed by atoms with Crippen LogP contribution in [0.1, 0.15) is 36.7 Å². The highest BCUT2D eigenvalue weighted by atomic mass is 16.5. The predicted octanol–water partition coefficient (Wildman–Crippen LogP) is 1.14. The lowest BCUT2D eigenvalue weighted by molar-refractivity contribution is 0.0982. The fourth-order valence-corrected chi connectivity index (χ4v) is 2.37. The second kappa shape index (κ2) is 7.63. The van der Waals surface area contributed by atoms with Gasteiger partial charge < -0.3 is 20.7 Å². The average molecular weight is 306 g/mol. The van der Waals surface area contributed by atoms with Gasteiger partial charge in [-0.2, -0.15) is 0 Å². The molecular weight excluding hydrogens is 284 g/mol. The van der Waals surface area contributed by atoms with Crippen LogP contribution in [0, 0.1) is 0 Å². The van der Waals surface area contributed by atoms with E-state index in [-0.39, 0.29) is 17.8 Å². The van der Waals surface area contributed by atoms with Crippen LogP contribution < -0.4 is 15.8 Å². The molecule has 1 aromatic rings. The summed E-state index contributed by atoms with van der Waals surface area (Å²) in [5.41, 5.74) is 5.38. The number of piperidine rings is 1. The maximum absolute atomic E-state index is 12.0. The van der Waals surface area contributed by atoms with Crippen LogP contribution in [0.25, 0.3) is 0 Å². The Hall–Kier alpha value is -2.31. The molecule has 2 heterocycles. The normalized spacial score (nSPS) is 17.9. The third kappa shape index (κ3) is 4.34. The molecule has 7 heteroatoms. The Balaban J connectivity index is 1.94. The van der Waals surface area contributed by atoms with Crippen molar-refractivity contribution in [2.75, 3.05) is 19.6 Å². The van der Waals surface area contributed by atoms with Crippen molar-refractivity contribution in [2.24, 2.45) is 5.73 Å². The average Bonchev–Trinajstić information content (AvgIpc) is 2.53. The SMILES string of the molecule is CCCNC(=O)N1CCCC(Oc2ccnc(C(N)=O)c2)C1. The molecule has 1 saturated heterocycles. The number of aromatic nitrogens is 1. The molecule has 120 valence electrons. The minimum Gasteiger partial charge on any atom is -0.488 e. The number of carbonyl (C=O) groups is 2. The van der Waals surface area contributed by atoms with Crippen LogP contribution in [0.5, 0.6) is 5.75 Å². The summed E-state index contributed by atoms with van der Waals surface area (Å²) in [6, 6.07) is 3.16. The second-order valence-corrected chi connectivity index (χ2v) is 5.30. The molecular formula is C15H22N4O3. The van der Waals surface area contributed by atoms with E-state index in [0.29, 0.717) is 18.8 Å². The van der Waals surface area contributed by atoms with E-state index in [2.05, 4.69) is 10.3 Å². The maximum atomic E-state index is 12.0. The molecule has 3 N–H and O–H groups in total. The van der Waals surface area contributed by atoms with Gasteiger partial charge >= 0.3 is 6.03 Å². The van der Waals surface area contributed by atoms with Crippen molar-refractivity contribution >= 4 is 11.9 Å². The minimum atomic E-state index is -0.588. The lowest BCUT2D eigenvalue weighted by Gasteiger charge is -2.32. The molecule has 0 radical (unpaired) electrons. The molecule has 3 amide bonds. The molecule has 7 nitrogen and oxygen atoms in total. The zero-order valence-corrected chi connectivity index (χ0v) is 12.7. The van der Waals surface area contributed by atoms with Gasteiger partial charge in [0.15, 0.2) is 0 Å². The molecule has 1 aliphatic heterocycles. The van der Waals surface area contributed by atoms with Crippen LogP contribution in [0.3, 0.4) is 0 Å². The van der Waals surface area contributed by atoms with Crippen molar-refractivity contribution in [1.29, 1.82) is 0 Å². The van der Waals surface area contributed by atoms with Crippen molar-refractivity contribution in [3.8, 4) is 5.75 Å². The number of likely N-dealkylation sites (tertiary alicyclic amines) is 1. The molecule has 1 atom stereocenters. The topological polar surface area (TPSA) is 97.6 Å². The van der Waals surface area contributed by atoms with E-state index in [4.69, 9.17) is 10.5 Å². The summed E-state index contributed by atoms with van der Waals surface area (Å²) in [5.74, 6) is -0.0423. The lowest BCUT2D eigenvalue weighted by atomic mass is 10.1. The number of carbonyl (C=O) groups excluding carboxylic acids is 2. The fourth-order valence-electron chi connectivity index (χ4n) is 2.37. The van der Waals surface area contributed by atoms with E-state index >= 15 is 0 Å². The Morgan fingerprint density at radius 2 is 2.36 bits per heavy atom. The van der Waals surface area contributed by atoms with Gasteiger partial charge in [-0.15, -0.1) is 0 Å². The van der Waals surface area contributed by atoms with Crippen LogP contribution in [0.4, 0.5) is 4.79 Å². The highest BCUT2D eigenvalue weighted by molar-refractivity contribution is 5.91. The van der Waals surface area contributed by atoms with Gasteiger partial charge in [0.1, 0.15) is 17.5 Å². The maximum Gasteiger partial charge on any atom is 0.317 e. The number of nitrogens with zero attached hydrogens (tertiary/aromatic N) is 2. The zero-order valence-electron chi connectivity index (χ0n) is 12.7. The fraction of sp³-hybridized carbons (Fsp3) is 0.533. The quantitative estimate of drug-likeness (QED) is 0.852. The first-order valence-corrected chi connectivity index (χ1v) is 7.55. The Bertz CT molecular complexity index is 535.